The summed E-state index contributed by atoms with van der Waals surface area (Å²) in [5.74, 6) is 1.66. The van der Waals surface area contributed by atoms with Gasteiger partial charge in [0, 0.05) is 24.4 Å². The van der Waals surface area contributed by atoms with E-state index < -0.39 is 0 Å². The van der Waals surface area contributed by atoms with E-state index in [0.29, 0.717) is 0 Å². The first-order valence-electron chi connectivity index (χ1n) is 6.16. The van der Waals surface area contributed by atoms with Crippen LogP contribution in [0.4, 0.5) is 0 Å². The maximum absolute atomic E-state index is 4.47. The third kappa shape index (κ3) is 2.07. The Bertz CT molecular complexity index is 321. The highest BCUT2D eigenvalue weighted by Crippen LogP contribution is 2.32. The molecule has 3 heteroatoms. The quantitative estimate of drug-likeness (QED) is 0.815. The Balaban J connectivity index is 1.73. The van der Waals surface area contributed by atoms with E-state index in [2.05, 4.69) is 21.2 Å². The lowest BCUT2D eigenvalue weighted by Crippen LogP contribution is -2.28. The third-order valence-electron chi connectivity index (χ3n) is 3.63. The maximum atomic E-state index is 4.47. The molecule has 82 valence electrons. The van der Waals surface area contributed by atoms with Crippen molar-refractivity contribution in [2.24, 2.45) is 5.92 Å². The van der Waals surface area contributed by atoms with Crippen LogP contribution in [-0.2, 0) is 6.54 Å². The predicted octanol–water partition coefficient (Wildman–Crippen LogP) is 1.76. The molecule has 1 saturated carbocycles. The molecule has 0 radical (unpaired) electrons. The van der Waals surface area contributed by atoms with E-state index in [-0.39, 0.29) is 0 Å². The second-order valence-electron chi connectivity index (χ2n) is 4.91. The molecule has 0 unspecified atom stereocenters. The molecule has 1 aromatic heterocycles. The van der Waals surface area contributed by atoms with Crippen LogP contribution in [-0.4, -0.2) is 22.9 Å². The van der Waals surface area contributed by atoms with Crippen LogP contribution in [0.2, 0.25) is 0 Å². The highest BCUT2D eigenvalue weighted by atomic mass is 15.3. The van der Waals surface area contributed by atoms with Gasteiger partial charge < -0.3 is 5.32 Å². The molecule has 0 atom stereocenters. The number of piperidine rings is 1. The summed E-state index contributed by atoms with van der Waals surface area (Å²) in [7, 11) is 0. The van der Waals surface area contributed by atoms with Crippen LogP contribution in [0.3, 0.4) is 0 Å². The van der Waals surface area contributed by atoms with E-state index in [1.165, 1.54) is 44.5 Å². The number of nitrogens with one attached hydrogen (secondary N) is 1. The lowest BCUT2D eigenvalue weighted by atomic mass is 9.94. The van der Waals surface area contributed by atoms with Crippen molar-refractivity contribution >= 4 is 0 Å². The second-order valence-corrected chi connectivity index (χ2v) is 4.91. The van der Waals surface area contributed by atoms with E-state index in [0.717, 1.165) is 18.4 Å². The highest BCUT2D eigenvalue weighted by molar-refractivity contribution is 5.09. The lowest BCUT2D eigenvalue weighted by Gasteiger charge is -2.23. The molecule has 1 aromatic rings. The van der Waals surface area contributed by atoms with Gasteiger partial charge in [0.25, 0.3) is 0 Å². The van der Waals surface area contributed by atoms with Gasteiger partial charge in [0.05, 0.1) is 0 Å². The standard InChI is InChI=1S/C12H19N3/c1-2-10(1)9-15-12(5-8-14-15)11-3-6-13-7-4-11/h5,8,10-11,13H,1-4,6-7,9H2. The van der Waals surface area contributed by atoms with Crippen LogP contribution >= 0.6 is 0 Å². The Morgan fingerprint density at radius 2 is 2.07 bits per heavy atom. The molecule has 0 amide bonds. The molecule has 15 heavy (non-hydrogen) atoms. The van der Waals surface area contributed by atoms with Gasteiger partial charge in [-0.05, 0) is 50.8 Å². The molecule has 1 saturated heterocycles. The van der Waals surface area contributed by atoms with Gasteiger partial charge in [-0.3, -0.25) is 4.68 Å². The number of rotatable bonds is 3. The van der Waals surface area contributed by atoms with E-state index >= 15 is 0 Å². The van der Waals surface area contributed by atoms with E-state index in [1.54, 1.807) is 0 Å². The molecular weight excluding hydrogens is 186 g/mol. The van der Waals surface area contributed by atoms with E-state index in [4.69, 9.17) is 0 Å². The number of aromatic nitrogens is 2. The number of hydrogen-bond acceptors (Lipinski definition) is 2. The summed E-state index contributed by atoms with van der Waals surface area (Å²) in [6.45, 7) is 3.49. The Hall–Kier alpha value is -0.830. The summed E-state index contributed by atoms with van der Waals surface area (Å²) >= 11 is 0. The summed E-state index contributed by atoms with van der Waals surface area (Å²) in [4.78, 5) is 0. The van der Waals surface area contributed by atoms with Gasteiger partial charge in [0.15, 0.2) is 0 Å². The molecule has 1 N–H and O–H groups in total. The molecule has 3 nitrogen and oxygen atoms in total. The van der Waals surface area contributed by atoms with Crippen molar-refractivity contribution in [2.45, 2.75) is 38.1 Å². The molecule has 2 aliphatic rings. The van der Waals surface area contributed by atoms with Crippen molar-refractivity contribution in [3.05, 3.63) is 18.0 Å². The van der Waals surface area contributed by atoms with Crippen molar-refractivity contribution < 1.29 is 0 Å². The summed E-state index contributed by atoms with van der Waals surface area (Å²) in [5, 5.41) is 7.89. The van der Waals surface area contributed by atoms with Crippen molar-refractivity contribution in [2.75, 3.05) is 13.1 Å². The largest absolute Gasteiger partial charge is 0.317 e. The zero-order valence-corrected chi connectivity index (χ0v) is 9.15. The molecule has 0 aromatic carbocycles. The lowest BCUT2D eigenvalue weighted by molar-refractivity contribution is 0.422. The number of hydrogen-bond donors (Lipinski definition) is 1. The van der Waals surface area contributed by atoms with Crippen LogP contribution in [0.25, 0.3) is 0 Å². The molecule has 3 rings (SSSR count). The second kappa shape index (κ2) is 3.97. The van der Waals surface area contributed by atoms with Crippen molar-refractivity contribution in [3.8, 4) is 0 Å². The molecule has 1 aliphatic carbocycles. The fraction of sp³-hybridized carbons (Fsp3) is 0.750. The third-order valence-corrected chi connectivity index (χ3v) is 3.63. The smallest absolute Gasteiger partial charge is 0.0492 e. The fourth-order valence-corrected chi connectivity index (χ4v) is 2.50. The predicted molar refractivity (Wildman–Crippen MR) is 59.8 cm³/mol. The molecular formula is C12H19N3. The van der Waals surface area contributed by atoms with Gasteiger partial charge in [0.1, 0.15) is 0 Å². The number of nitrogens with zero attached hydrogens (tertiary/aromatic N) is 2. The van der Waals surface area contributed by atoms with Gasteiger partial charge in [0.2, 0.25) is 0 Å². The average molecular weight is 205 g/mol. The summed E-state index contributed by atoms with van der Waals surface area (Å²) in [5.41, 5.74) is 1.48. The van der Waals surface area contributed by atoms with Crippen LogP contribution in [0, 0.1) is 5.92 Å². The summed E-state index contributed by atoms with van der Waals surface area (Å²) < 4.78 is 2.26. The zero-order valence-electron chi connectivity index (χ0n) is 9.15. The average Bonchev–Trinajstić information content (AvgIpc) is 2.96. The molecule has 1 aliphatic heterocycles. The summed E-state index contributed by atoms with van der Waals surface area (Å²) in [6, 6.07) is 2.22. The summed E-state index contributed by atoms with van der Waals surface area (Å²) in [6.07, 6.45) is 7.34. The zero-order chi connectivity index (χ0) is 10.1. The Morgan fingerprint density at radius 3 is 2.80 bits per heavy atom. The van der Waals surface area contributed by atoms with Crippen LogP contribution in [0.1, 0.15) is 37.3 Å². The Kier molecular flexibility index (Phi) is 2.49. The normalized spacial score (nSPS) is 23.2. The van der Waals surface area contributed by atoms with Gasteiger partial charge >= 0.3 is 0 Å². The van der Waals surface area contributed by atoms with Gasteiger partial charge in [-0.15, -0.1) is 0 Å². The maximum Gasteiger partial charge on any atom is 0.0492 e. The SMILES string of the molecule is c1cc(C2CCNCC2)n(CC2CC2)n1. The van der Waals surface area contributed by atoms with Crippen molar-refractivity contribution in [1.29, 1.82) is 0 Å². The van der Waals surface area contributed by atoms with Crippen LogP contribution in [0.5, 0.6) is 0 Å². The van der Waals surface area contributed by atoms with Gasteiger partial charge in [-0.1, -0.05) is 0 Å². The van der Waals surface area contributed by atoms with Crippen molar-refractivity contribution in [3.63, 3.8) is 0 Å². The minimum absolute atomic E-state index is 0.743. The minimum atomic E-state index is 0.743. The fourth-order valence-electron chi connectivity index (χ4n) is 2.50. The van der Waals surface area contributed by atoms with Gasteiger partial charge in [-0.25, -0.2) is 0 Å². The van der Waals surface area contributed by atoms with E-state index in [9.17, 15) is 0 Å². The highest BCUT2D eigenvalue weighted by Gasteiger charge is 2.25. The first-order chi connectivity index (χ1) is 7.43. The first-order valence-corrected chi connectivity index (χ1v) is 6.16. The Morgan fingerprint density at radius 1 is 1.27 bits per heavy atom. The van der Waals surface area contributed by atoms with Crippen LogP contribution < -0.4 is 5.32 Å². The molecule has 2 fully saturated rings. The topological polar surface area (TPSA) is 29.9 Å². The molecule has 2 heterocycles. The monoisotopic (exact) mass is 205 g/mol. The Labute approximate surface area is 90.9 Å². The molecule has 0 spiro atoms. The van der Waals surface area contributed by atoms with E-state index in [1.807, 2.05) is 6.20 Å². The molecule has 0 bridgehead atoms. The van der Waals surface area contributed by atoms with Gasteiger partial charge in [-0.2, -0.15) is 5.10 Å². The van der Waals surface area contributed by atoms with Crippen molar-refractivity contribution in [1.82, 2.24) is 15.1 Å². The first kappa shape index (κ1) is 9.40. The minimum Gasteiger partial charge on any atom is -0.317 e. The van der Waals surface area contributed by atoms with Crippen LogP contribution in [0.15, 0.2) is 12.3 Å².